The molecule has 6 heteroatoms. The number of carbonyl (C=O) groups excluding carboxylic acids is 4. The van der Waals surface area contributed by atoms with Gasteiger partial charge in [0.1, 0.15) is 0 Å². The number of carbonyl (C=O) groups is 4. The smallest absolute Gasteiger partial charge is 0.321 e. The average Bonchev–Trinajstić information content (AvgIpc) is 2.88. The second kappa shape index (κ2) is 6.97. The van der Waals surface area contributed by atoms with Crippen LogP contribution in [0.15, 0.2) is 11.1 Å². The van der Waals surface area contributed by atoms with Gasteiger partial charge in [0.25, 0.3) is 0 Å². The summed E-state index contributed by atoms with van der Waals surface area (Å²) < 4.78 is 9.42. The first kappa shape index (κ1) is 20.3. The minimum Gasteiger partial charge on any atom is -0.393 e. The van der Waals surface area contributed by atoms with Crippen molar-refractivity contribution >= 4 is 23.9 Å². The highest BCUT2D eigenvalue weighted by atomic mass is 16.6. The maximum absolute atomic E-state index is 12.3. The third-order valence-electron chi connectivity index (χ3n) is 4.89. The van der Waals surface area contributed by atoms with Crippen LogP contribution >= 0.6 is 0 Å². The fourth-order valence-electron chi connectivity index (χ4n) is 4.62. The van der Waals surface area contributed by atoms with Crippen molar-refractivity contribution in [2.45, 2.75) is 67.2 Å². The Morgan fingerprint density at radius 3 is 1.88 bits per heavy atom. The third-order valence-corrected chi connectivity index (χ3v) is 4.89. The summed E-state index contributed by atoms with van der Waals surface area (Å²) in [6.07, 6.45) is 1.20. The Hall–Kier alpha value is -1.98. The van der Waals surface area contributed by atoms with Crippen LogP contribution in [-0.4, -0.2) is 23.9 Å². The number of ether oxygens (including phenoxy) is 2. The van der Waals surface area contributed by atoms with E-state index in [4.69, 9.17) is 4.74 Å². The van der Waals surface area contributed by atoms with E-state index in [1.54, 1.807) is 0 Å². The minimum absolute atomic E-state index is 0.00377. The minimum atomic E-state index is -0.632. The zero-order valence-corrected chi connectivity index (χ0v) is 16.4. The first-order valence-corrected chi connectivity index (χ1v) is 8.99. The van der Waals surface area contributed by atoms with Gasteiger partial charge in [-0.2, -0.15) is 0 Å². The van der Waals surface area contributed by atoms with E-state index in [1.807, 2.05) is 20.8 Å². The molecule has 2 saturated heterocycles. The van der Waals surface area contributed by atoms with Crippen molar-refractivity contribution in [3.8, 4) is 0 Å². The van der Waals surface area contributed by atoms with Crippen molar-refractivity contribution in [2.24, 2.45) is 22.7 Å². The molecule has 0 spiro atoms. The van der Waals surface area contributed by atoms with Crippen molar-refractivity contribution in [1.82, 2.24) is 0 Å². The van der Waals surface area contributed by atoms with Gasteiger partial charge in [-0.3, -0.25) is 19.2 Å². The molecule has 0 amide bonds. The summed E-state index contributed by atoms with van der Waals surface area (Å²) in [5.74, 6) is -3.25. The highest BCUT2D eigenvalue weighted by molar-refractivity contribution is 5.97. The molecule has 0 aromatic carbocycles. The first-order valence-electron chi connectivity index (χ1n) is 8.99. The van der Waals surface area contributed by atoms with Gasteiger partial charge in [-0.25, -0.2) is 0 Å². The van der Waals surface area contributed by atoms with Crippen molar-refractivity contribution < 1.29 is 28.7 Å². The molecular formula is C20H28O6. The Bertz CT molecular complexity index is 677. The van der Waals surface area contributed by atoms with Crippen LogP contribution in [-0.2, 0) is 28.7 Å². The molecule has 0 bridgehead atoms. The quantitative estimate of drug-likeness (QED) is 0.422. The SMILES string of the molecule is C/C(CC1CC(=O)OC1=O)=C(\C1CC(=O)OC1=O)C(C)(C)CC(C)(C)C. The summed E-state index contributed by atoms with van der Waals surface area (Å²) in [6, 6.07) is 0. The largest absolute Gasteiger partial charge is 0.393 e. The van der Waals surface area contributed by atoms with E-state index in [9.17, 15) is 19.2 Å². The number of hydrogen-bond acceptors (Lipinski definition) is 6. The standard InChI is InChI=1S/C20H28O6/c1-11(7-12-8-14(21)25-17(12)23)16(13-9-15(22)26-18(13)24)20(5,6)10-19(2,3)4/h12-13H,7-10H2,1-6H3/b16-11-. The molecular weight excluding hydrogens is 336 g/mol. The zero-order chi connectivity index (χ0) is 19.9. The van der Waals surface area contributed by atoms with Gasteiger partial charge in [0, 0.05) is 0 Å². The number of rotatable bonds is 5. The van der Waals surface area contributed by atoms with Gasteiger partial charge in [0.2, 0.25) is 0 Å². The van der Waals surface area contributed by atoms with Crippen LogP contribution < -0.4 is 0 Å². The van der Waals surface area contributed by atoms with Gasteiger partial charge in [0.15, 0.2) is 0 Å². The van der Waals surface area contributed by atoms with Crippen LogP contribution in [0.3, 0.4) is 0 Å². The van der Waals surface area contributed by atoms with Crippen molar-refractivity contribution in [1.29, 1.82) is 0 Å². The maximum Gasteiger partial charge on any atom is 0.321 e. The number of hydrogen-bond donors (Lipinski definition) is 0. The molecule has 2 atom stereocenters. The third kappa shape index (κ3) is 4.59. The molecule has 0 aromatic heterocycles. The number of cyclic esters (lactones) is 4. The van der Waals surface area contributed by atoms with Crippen LogP contribution in [0, 0.1) is 22.7 Å². The van der Waals surface area contributed by atoms with E-state index in [0.29, 0.717) is 6.42 Å². The fraction of sp³-hybridized carbons (Fsp3) is 0.700. The average molecular weight is 364 g/mol. The zero-order valence-electron chi connectivity index (χ0n) is 16.4. The van der Waals surface area contributed by atoms with Crippen molar-refractivity contribution in [3.05, 3.63) is 11.1 Å². The van der Waals surface area contributed by atoms with Gasteiger partial charge in [-0.05, 0) is 30.6 Å². The number of allylic oxidation sites excluding steroid dienone is 1. The molecule has 26 heavy (non-hydrogen) atoms. The normalized spacial score (nSPS) is 25.3. The van der Waals surface area contributed by atoms with Crippen LogP contribution in [0.4, 0.5) is 0 Å². The van der Waals surface area contributed by atoms with Crippen LogP contribution in [0.25, 0.3) is 0 Å². The summed E-state index contributed by atoms with van der Waals surface area (Å²) in [7, 11) is 0. The molecule has 0 radical (unpaired) electrons. The second-order valence-corrected chi connectivity index (χ2v) is 9.26. The first-order chi connectivity index (χ1) is 11.8. The summed E-state index contributed by atoms with van der Waals surface area (Å²) in [5, 5.41) is 0. The Morgan fingerprint density at radius 1 is 0.923 bits per heavy atom. The van der Waals surface area contributed by atoms with Crippen LogP contribution in [0.5, 0.6) is 0 Å². The Labute approximate surface area is 154 Å². The molecule has 0 aromatic rings. The molecule has 0 N–H and O–H groups in total. The highest BCUT2D eigenvalue weighted by Gasteiger charge is 2.44. The summed E-state index contributed by atoms with van der Waals surface area (Å²) >= 11 is 0. The van der Waals surface area contributed by atoms with Gasteiger partial charge >= 0.3 is 23.9 Å². The van der Waals surface area contributed by atoms with Crippen molar-refractivity contribution in [2.75, 3.05) is 0 Å². The Morgan fingerprint density at radius 2 is 1.46 bits per heavy atom. The molecule has 2 aliphatic heterocycles. The molecule has 2 aliphatic rings. The van der Waals surface area contributed by atoms with Crippen molar-refractivity contribution in [3.63, 3.8) is 0 Å². The van der Waals surface area contributed by atoms with Gasteiger partial charge < -0.3 is 9.47 Å². The maximum atomic E-state index is 12.3. The molecule has 6 nitrogen and oxygen atoms in total. The summed E-state index contributed by atoms with van der Waals surface area (Å²) in [6.45, 7) is 12.3. The lowest BCUT2D eigenvalue weighted by atomic mass is 9.66. The second-order valence-electron chi connectivity index (χ2n) is 9.26. The van der Waals surface area contributed by atoms with Gasteiger partial charge in [-0.15, -0.1) is 0 Å². The summed E-state index contributed by atoms with van der Waals surface area (Å²) in [5.41, 5.74) is 1.33. The predicted molar refractivity (Wildman–Crippen MR) is 93.6 cm³/mol. The van der Waals surface area contributed by atoms with E-state index in [1.165, 1.54) is 0 Å². The Kier molecular flexibility index (Phi) is 5.45. The molecule has 0 saturated carbocycles. The molecule has 2 heterocycles. The van der Waals surface area contributed by atoms with E-state index in [0.717, 1.165) is 17.6 Å². The lowest BCUT2D eigenvalue weighted by Crippen LogP contribution is -2.30. The van der Waals surface area contributed by atoms with Crippen LogP contribution in [0.2, 0.25) is 0 Å². The fourth-order valence-corrected chi connectivity index (χ4v) is 4.62. The van der Waals surface area contributed by atoms with Crippen LogP contribution in [0.1, 0.15) is 67.2 Å². The van der Waals surface area contributed by atoms with E-state index in [-0.39, 0.29) is 23.7 Å². The predicted octanol–water partition coefficient (Wildman–Crippen LogP) is 3.33. The number of esters is 4. The monoisotopic (exact) mass is 364 g/mol. The molecule has 2 fully saturated rings. The lowest BCUT2D eigenvalue weighted by molar-refractivity contribution is -0.154. The van der Waals surface area contributed by atoms with E-state index in [2.05, 4.69) is 25.5 Å². The lowest BCUT2D eigenvalue weighted by Gasteiger charge is -2.38. The van der Waals surface area contributed by atoms with E-state index >= 15 is 0 Å². The molecule has 2 unspecified atom stereocenters. The molecule has 2 rings (SSSR count). The van der Waals surface area contributed by atoms with E-state index < -0.39 is 35.7 Å². The highest BCUT2D eigenvalue weighted by Crippen LogP contribution is 2.46. The molecule has 144 valence electrons. The summed E-state index contributed by atoms with van der Waals surface area (Å²) in [4.78, 5) is 47.2. The Balaban J connectivity index is 2.42. The topological polar surface area (TPSA) is 86.7 Å². The van der Waals surface area contributed by atoms with Gasteiger partial charge in [-0.1, -0.05) is 45.8 Å². The van der Waals surface area contributed by atoms with Gasteiger partial charge in [0.05, 0.1) is 24.7 Å². The molecule has 0 aliphatic carbocycles.